The first-order chi connectivity index (χ1) is 6.60. The van der Waals surface area contributed by atoms with Crippen LogP contribution in [0.3, 0.4) is 0 Å². The van der Waals surface area contributed by atoms with E-state index in [2.05, 4.69) is 29.4 Å². The van der Waals surface area contributed by atoms with Crippen molar-refractivity contribution in [2.75, 3.05) is 6.54 Å². The predicted octanol–water partition coefficient (Wildman–Crippen LogP) is 0.438. The lowest BCUT2D eigenvalue weighted by molar-refractivity contribution is 0.335. The quantitative estimate of drug-likeness (QED) is 0.756. The number of rotatable bonds is 4. The third-order valence-corrected chi connectivity index (χ3v) is 3.69. The second-order valence-electron chi connectivity index (χ2n) is 4.87. The molecule has 0 radical (unpaired) electrons. The molecule has 1 heterocycles. The highest BCUT2D eigenvalue weighted by Gasteiger charge is 2.59. The highest BCUT2D eigenvalue weighted by Crippen LogP contribution is 2.64. The monoisotopic (exact) mass is 195 g/mol. The van der Waals surface area contributed by atoms with E-state index in [1.807, 2.05) is 0 Å². The standard InChI is InChI=1S/C9H17N5/c1-8(2)5-9(8,6-10)3-4-14-7-11-12-13-14/h7H,3-6,10H2,1-2H3. The fourth-order valence-electron chi connectivity index (χ4n) is 2.29. The average molecular weight is 195 g/mol. The predicted molar refractivity (Wildman–Crippen MR) is 52.3 cm³/mol. The molecular weight excluding hydrogens is 178 g/mol. The Morgan fingerprint density at radius 1 is 1.50 bits per heavy atom. The number of aromatic nitrogens is 4. The molecular formula is C9H17N5. The van der Waals surface area contributed by atoms with Crippen LogP contribution in [-0.2, 0) is 6.54 Å². The molecule has 1 aliphatic carbocycles. The fraction of sp³-hybridized carbons (Fsp3) is 0.889. The van der Waals surface area contributed by atoms with Crippen LogP contribution < -0.4 is 5.73 Å². The lowest BCUT2D eigenvalue weighted by atomic mass is 9.92. The molecule has 0 bridgehead atoms. The van der Waals surface area contributed by atoms with E-state index in [0.717, 1.165) is 19.5 Å². The molecule has 1 aromatic heterocycles. The molecule has 1 atom stereocenters. The van der Waals surface area contributed by atoms with Crippen LogP contribution in [-0.4, -0.2) is 26.8 Å². The Hall–Kier alpha value is -0.970. The first kappa shape index (κ1) is 9.58. The van der Waals surface area contributed by atoms with E-state index in [4.69, 9.17) is 5.73 Å². The highest BCUT2D eigenvalue weighted by atomic mass is 15.5. The van der Waals surface area contributed by atoms with Crippen LogP contribution in [0.2, 0.25) is 0 Å². The molecule has 1 fully saturated rings. The van der Waals surface area contributed by atoms with Gasteiger partial charge in [-0.2, -0.15) is 0 Å². The molecule has 2 N–H and O–H groups in total. The van der Waals surface area contributed by atoms with Gasteiger partial charge >= 0.3 is 0 Å². The minimum atomic E-state index is 0.318. The molecule has 2 rings (SSSR count). The minimum absolute atomic E-state index is 0.318. The Bertz CT molecular complexity index is 305. The topological polar surface area (TPSA) is 69.6 Å². The van der Waals surface area contributed by atoms with E-state index >= 15 is 0 Å². The van der Waals surface area contributed by atoms with E-state index < -0.39 is 0 Å². The van der Waals surface area contributed by atoms with Gasteiger partial charge in [-0.1, -0.05) is 13.8 Å². The number of aryl methyl sites for hydroxylation is 1. The summed E-state index contributed by atoms with van der Waals surface area (Å²) in [5.74, 6) is 0. The van der Waals surface area contributed by atoms with Gasteiger partial charge in [-0.25, -0.2) is 4.68 Å². The molecule has 0 aliphatic heterocycles. The van der Waals surface area contributed by atoms with Crippen molar-refractivity contribution in [3.63, 3.8) is 0 Å². The van der Waals surface area contributed by atoms with Crippen molar-refractivity contribution in [2.24, 2.45) is 16.6 Å². The van der Waals surface area contributed by atoms with Crippen LogP contribution in [0.4, 0.5) is 0 Å². The van der Waals surface area contributed by atoms with Gasteiger partial charge in [0.2, 0.25) is 0 Å². The normalized spacial score (nSPS) is 29.1. The van der Waals surface area contributed by atoms with Crippen LogP contribution in [0.5, 0.6) is 0 Å². The molecule has 1 unspecified atom stereocenters. The van der Waals surface area contributed by atoms with E-state index in [0.29, 0.717) is 10.8 Å². The molecule has 1 saturated carbocycles. The molecule has 78 valence electrons. The number of nitrogens with two attached hydrogens (primary N) is 1. The number of tetrazole rings is 1. The first-order valence-electron chi connectivity index (χ1n) is 5.01. The number of hydrogen-bond donors (Lipinski definition) is 1. The van der Waals surface area contributed by atoms with Crippen molar-refractivity contribution in [3.8, 4) is 0 Å². The lowest BCUT2D eigenvalue weighted by Crippen LogP contribution is -2.22. The van der Waals surface area contributed by atoms with Crippen LogP contribution in [0.25, 0.3) is 0 Å². The Morgan fingerprint density at radius 3 is 2.64 bits per heavy atom. The van der Waals surface area contributed by atoms with Gasteiger partial charge < -0.3 is 5.73 Å². The van der Waals surface area contributed by atoms with Crippen molar-refractivity contribution in [2.45, 2.75) is 33.2 Å². The summed E-state index contributed by atoms with van der Waals surface area (Å²) in [6.07, 6.45) is 3.94. The number of nitrogens with zero attached hydrogens (tertiary/aromatic N) is 4. The second-order valence-corrected chi connectivity index (χ2v) is 4.87. The fourth-order valence-corrected chi connectivity index (χ4v) is 2.29. The SMILES string of the molecule is CC1(C)CC1(CN)CCn1cnnn1. The van der Waals surface area contributed by atoms with Gasteiger partial charge in [0.25, 0.3) is 0 Å². The molecule has 5 heteroatoms. The van der Waals surface area contributed by atoms with E-state index in [9.17, 15) is 0 Å². The van der Waals surface area contributed by atoms with Crippen molar-refractivity contribution < 1.29 is 0 Å². The van der Waals surface area contributed by atoms with E-state index in [1.165, 1.54) is 6.42 Å². The summed E-state index contributed by atoms with van der Waals surface area (Å²) in [5.41, 5.74) is 6.54. The average Bonchev–Trinajstić information content (AvgIpc) is 2.56. The first-order valence-corrected chi connectivity index (χ1v) is 5.01. The summed E-state index contributed by atoms with van der Waals surface area (Å²) in [6, 6.07) is 0. The van der Waals surface area contributed by atoms with Crippen molar-refractivity contribution in [1.82, 2.24) is 20.2 Å². The van der Waals surface area contributed by atoms with Gasteiger partial charge in [-0.3, -0.25) is 0 Å². The molecule has 0 spiro atoms. The Kier molecular flexibility index (Phi) is 2.06. The van der Waals surface area contributed by atoms with Gasteiger partial charge in [-0.15, -0.1) is 5.10 Å². The van der Waals surface area contributed by atoms with Crippen LogP contribution in [0.15, 0.2) is 6.33 Å². The zero-order valence-electron chi connectivity index (χ0n) is 8.77. The Morgan fingerprint density at radius 2 is 2.21 bits per heavy atom. The summed E-state index contributed by atoms with van der Waals surface area (Å²) in [6.45, 7) is 6.19. The summed E-state index contributed by atoms with van der Waals surface area (Å²) >= 11 is 0. The molecule has 1 aromatic rings. The van der Waals surface area contributed by atoms with E-state index in [1.54, 1.807) is 11.0 Å². The van der Waals surface area contributed by atoms with Crippen LogP contribution >= 0.6 is 0 Å². The minimum Gasteiger partial charge on any atom is -0.330 e. The van der Waals surface area contributed by atoms with Crippen LogP contribution in [0, 0.1) is 10.8 Å². The van der Waals surface area contributed by atoms with Crippen molar-refractivity contribution in [3.05, 3.63) is 6.33 Å². The van der Waals surface area contributed by atoms with E-state index in [-0.39, 0.29) is 0 Å². The zero-order valence-corrected chi connectivity index (χ0v) is 8.77. The van der Waals surface area contributed by atoms with Gasteiger partial charge in [0.05, 0.1) is 0 Å². The van der Waals surface area contributed by atoms with Gasteiger partial charge in [0, 0.05) is 6.54 Å². The summed E-state index contributed by atoms with van der Waals surface area (Å²) < 4.78 is 1.77. The molecule has 0 saturated heterocycles. The van der Waals surface area contributed by atoms with Crippen LogP contribution in [0.1, 0.15) is 26.7 Å². The molecule has 0 aromatic carbocycles. The molecule has 14 heavy (non-hydrogen) atoms. The van der Waals surface area contributed by atoms with Crippen molar-refractivity contribution >= 4 is 0 Å². The highest BCUT2D eigenvalue weighted by molar-refractivity contribution is 5.09. The molecule has 1 aliphatic rings. The second kappa shape index (κ2) is 3.02. The maximum atomic E-state index is 5.82. The summed E-state index contributed by atoms with van der Waals surface area (Å²) in [7, 11) is 0. The van der Waals surface area contributed by atoms with Gasteiger partial charge in [0.15, 0.2) is 0 Å². The summed E-state index contributed by atoms with van der Waals surface area (Å²) in [5, 5.41) is 11.1. The Labute approximate surface area is 83.7 Å². The Balaban J connectivity index is 1.92. The smallest absolute Gasteiger partial charge is 0.138 e. The molecule has 0 amide bonds. The van der Waals surface area contributed by atoms with Gasteiger partial charge in [-0.05, 0) is 40.6 Å². The largest absolute Gasteiger partial charge is 0.330 e. The van der Waals surface area contributed by atoms with Crippen molar-refractivity contribution in [1.29, 1.82) is 0 Å². The third kappa shape index (κ3) is 1.41. The maximum absolute atomic E-state index is 5.82. The number of hydrogen-bond acceptors (Lipinski definition) is 4. The zero-order chi connectivity index (χ0) is 10.2. The lowest BCUT2D eigenvalue weighted by Gasteiger charge is -2.17. The third-order valence-electron chi connectivity index (χ3n) is 3.69. The summed E-state index contributed by atoms with van der Waals surface area (Å²) in [4.78, 5) is 0. The van der Waals surface area contributed by atoms with Gasteiger partial charge in [0.1, 0.15) is 6.33 Å². The maximum Gasteiger partial charge on any atom is 0.138 e. The molecule has 5 nitrogen and oxygen atoms in total.